The van der Waals surface area contributed by atoms with E-state index in [2.05, 4.69) is 0 Å². The molecule has 1 saturated carbocycles. The highest BCUT2D eigenvalue weighted by Gasteiger charge is 2.60. The number of esters is 2. The molecule has 0 unspecified atom stereocenters. The average molecular weight is 428 g/mol. The summed E-state index contributed by atoms with van der Waals surface area (Å²) < 4.78 is 22.8. The molecular formula is C23H24O8. The van der Waals surface area contributed by atoms with Crippen LogP contribution in [0, 0.1) is 0 Å². The first-order valence-corrected chi connectivity index (χ1v) is 10.0. The predicted molar refractivity (Wildman–Crippen MR) is 107 cm³/mol. The van der Waals surface area contributed by atoms with Gasteiger partial charge in [-0.05, 0) is 38.1 Å². The molecule has 8 nitrogen and oxygen atoms in total. The third-order valence-corrected chi connectivity index (χ3v) is 5.34. The van der Waals surface area contributed by atoms with Gasteiger partial charge in [-0.2, -0.15) is 0 Å². The number of hydrogen-bond acceptors (Lipinski definition) is 8. The van der Waals surface area contributed by atoms with Crippen molar-refractivity contribution in [1.82, 2.24) is 0 Å². The summed E-state index contributed by atoms with van der Waals surface area (Å²) in [6.07, 6.45) is -7.45. The Morgan fingerprint density at radius 3 is 1.71 bits per heavy atom. The van der Waals surface area contributed by atoms with Crippen molar-refractivity contribution in [2.24, 2.45) is 0 Å². The van der Waals surface area contributed by atoms with Gasteiger partial charge in [-0.25, -0.2) is 9.59 Å². The highest BCUT2D eigenvalue weighted by Crippen LogP contribution is 2.40. The highest BCUT2D eigenvalue weighted by atomic mass is 16.8. The Morgan fingerprint density at radius 1 is 0.742 bits per heavy atom. The number of hydrogen-bond donors (Lipinski definition) is 2. The van der Waals surface area contributed by atoms with Crippen LogP contribution in [0.1, 0.15) is 34.6 Å². The third kappa shape index (κ3) is 4.33. The molecule has 0 radical (unpaired) electrons. The molecule has 0 amide bonds. The van der Waals surface area contributed by atoms with Gasteiger partial charge in [0.25, 0.3) is 0 Å². The van der Waals surface area contributed by atoms with Crippen molar-refractivity contribution in [1.29, 1.82) is 0 Å². The van der Waals surface area contributed by atoms with Gasteiger partial charge in [0.05, 0.1) is 11.1 Å². The largest absolute Gasteiger partial charge is 0.452 e. The molecule has 1 aliphatic carbocycles. The van der Waals surface area contributed by atoms with E-state index < -0.39 is 54.3 Å². The molecule has 2 aromatic rings. The van der Waals surface area contributed by atoms with Gasteiger partial charge < -0.3 is 29.2 Å². The normalized spacial score (nSPS) is 31.5. The van der Waals surface area contributed by atoms with Gasteiger partial charge in [-0.1, -0.05) is 36.4 Å². The van der Waals surface area contributed by atoms with E-state index in [1.807, 2.05) is 0 Å². The minimum Gasteiger partial charge on any atom is -0.452 e. The van der Waals surface area contributed by atoms with Gasteiger partial charge in [0.1, 0.15) is 24.4 Å². The maximum Gasteiger partial charge on any atom is 0.338 e. The van der Waals surface area contributed by atoms with Gasteiger partial charge >= 0.3 is 11.9 Å². The summed E-state index contributed by atoms with van der Waals surface area (Å²) in [5, 5.41) is 21.4. The van der Waals surface area contributed by atoms with E-state index in [1.165, 1.54) is 0 Å². The summed E-state index contributed by atoms with van der Waals surface area (Å²) in [5.74, 6) is -2.50. The summed E-state index contributed by atoms with van der Waals surface area (Å²) >= 11 is 0. The first-order valence-electron chi connectivity index (χ1n) is 10.0. The second kappa shape index (κ2) is 8.39. The lowest BCUT2D eigenvalue weighted by Crippen LogP contribution is -2.64. The lowest BCUT2D eigenvalue weighted by molar-refractivity contribution is -0.193. The maximum atomic E-state index is 12.7. The Hall–Kier alpha value is -2.78. The number of aliphatic hydroxyl groups excluding tert-OH is 2. The first kappa shape index (κ1) is 21.5. The van der Waals surface area contributed by atoms with E-state index in [1.54, 1.807) is 74.5 Å². The molecule has 6 atom stereocenters. The standard InChI is InChI=1S/C23H24O8/c1-23(2)30-18-16(25)15(24)17(28-21(26)13-9-5-3-6-10-13)19(20(18)31-23)29-22(27)14-11-7-4-8-12-14/h3-12,15-20,24-25H,1-2H3/t15-,16-,17+,18+,19-,20+/m0/s1. The zero-order valence-electron chi connectivity index (χ0n) is 17.1. The lowest BCUT2D eigenvalue weighted by atomic mass is 9.84. The Bertz CT molecular complexity index is 929. The molecule has 2 fully saturated rings. The van der Waals surface area contributed by atoms with Crippen molar-refractivity contribution in [2.45, 2.75) is 56.3 Å². The van der Waals surface area contributed by atoms with Crippen LogP contribution in [-0.2, 0) is 18.9 Å². The van der Waals surface area contributed by atoms with Crippen LogP contribution in [0.5, 0.6) is 0 Å². The number of aliphatic hydroxyl groups is 2. The fourth-order valence-electron chi connectivity index (χ4n) is 3.91. The fourth-order valence-corrected chi connectivity index (χ4v) is 3.91. The predicted octanol–water partition coefficient (Wildman–Crippen LogP) is 1.69. The molecule has 0 spiro atoms. The summed E-state index contributed by atoms with van der Waals surface area (Å²) in [6, 6.07) is 16.5. The second-order valence-corrected chi connectivity index (χ2v) is 8.02. The fraction of sp³-hybridized carbons (Fsp3) is 0.391. The summed E-state index contributed by atoms with van der Waals surface area (Å²) in [5.41, 5.74) is 0.536. The van der Waals surface area contributed by atoms with Gasteiger partial charge in [-0.15, -0.1) is 0 Å². The van der Waals surface area contributed by atoms with E-state index in [0.29, 0.717) is 0 Å². The van der Waals surface area contributed by atoms with Gasteiger partial charge in [-0.3, -0.25) is 0 Å². The summed E-state index contributed by atoms with van der Waals surface area (Å²) in [6.45, 7) is 3.29. The Labute approximate surface area is 179 Å². The van der Waals surface area contributed by atoms with Gasteiger partial charge in [0.15, 0.2) is 18.0 Å². The Balaban J connectivity index is 1.64. The monoisotopic (exact) mass is 428 g/mol. The molecule has 2 aliphatic rings. The molecule has 31 heavy (non-hydrogen) atoms. The highest BCUT2D eigenvalue weighted by molar-refractivity contribution is 5.90. The molecule has 1 aliphatic heterocycles. The Morgan fingerprint density at radius 2 is 1.19 bits per heavy atom. The number of fused-ring (bicyclic) bond motifs is 1. The van der Waals surface area contributed by atoms with Crippen molar-refractivity contribution >= 4 is 11.9 Å². The molecule has 1 saturated heterocycles. The molecule has 8 heteroatoms. The molecular weight excluding hydrogens is 404 g/mol. The van der Waals surface area contributed by atoms with Gasteiger partial charge in [0.2, 0.25) is 0 Å². The van der Waals surface area contributed by atoms with Crippen LogP contribution in [0.4, 0.5) is 0 Å². The van der Waals surface area contributed by atoms with E-state index in [0.717, 1.165) is 0 Å². The van der Waals surface area contributed by atoms with E-state index in [9.17, 15) is 19.8 Å². The third-order valence-electron chi connectivity index (χ3n) is 5.34. The van der Waals surface area contributed by atoms with Crippen LogP contribution >= 0.6 is 0 Å². The van der Waals surface area contributed by atoms with Crippen LogP contribution in [0.3, 0.4) is 0 Å². The first-order chi connectivity index (χ1) is 14.8. The van der Waals surface area contributed by atoms with Crippen molar-refractivity contribution in [3.63, 3.8) is 0 Å². The maximum absolute atomic E-state index is 12.7. The van der Waals surface area contributed by atoms with Crippen molar-refractivity contribution in [3.05, 3.63) is 71.8 Å². The smallest absolute Gasteiger partial charge is 0.338 e. The Kier molecular flexibility index (Phi) is 5.81. The van der Waals surface area contributed by atoms with E-state index in [-0.39, 0.29) is 11.1 Å². The van der Waals surface area contributed by atoms with Crippen molar-refractivity contribution in [2.75, 3.05) is 0 Å². The minimum absolute atomic E-state index is 0.253. The molecule has 2 aromatic carbocycles. The molecule has 4 rings (SSSR count). The summed E-state index contributed by atoms with van der Waals surface area (Å²) in [7, 11) is 0. The molecule has 0 bridgehead atoms. The van der Waals surface area contributed by atoms with Crippen LogP contribution in [-0.4, -0.2) is 64.6 Å². The van der Waals surface area contributed by atoms with Crippen LogP contribution in [0.2, 0.25) is 0 Å². The van der Waals surface area contributed by atoms with Gasteiger partial charge in [0, 0.05) is 0 Å². The van der Waals surface area contributed by atoms with Crippen LogP contribution < -0.4 is 0 Å². The van der Waals surface area contributed by atoms with Crippen LogP contribution in [0.25, 0.3) is 0 Å². The second-order valence-electron chi connectivity index (χ2n) is 8.02. The van der Waals surface area contributed by atoms with E-state index in [4.69, 9.17) is 18.9 Å². The number of carbonyl (C=O) groups is 2. The minimum atomic E-state index is -1.56. The molecule has 1 heterocycles. The van der Waals surface area contributed by atoms with Crippen molar-refractivity contribution in [3.8, 4) is 0 Å². The number of carbonyl (C=O) groups excluding carboxylic acids is 2. The average Bonchev–Trinajstić information content (AvgIpc) is 3.10. The van der Waals surface area contributed by atoms with Crippen molar-refractivity contribution < 1.29 is 38.7 Å². The number of rotatable bonds is 4. The summed E-state index contributed by atoms with van der Waals surface area (Å²) in [4.78, 5) is 25.4. The number of benzene rings is 2. The molecule has 164 valence electrons. The van der Waals surface area contributed by atoms with Crippen LogP contribution in [0.15, 0.2) is 60.7 Å². The topological polar surface area (TPSA) is 112 Å². The molecule has 0 aromatic heterocycles. The zero-order valence-corrected chi connectivity index (χ0v) is 17.1. The SMILES string of the molecule is CC1(C)O[C@H]2[C@@H](OC(=O)c3ccccc3)[C@H](OC(=O)c3ccccc3)[C@@H](O)[C@H](O)[C@H]2O1. The lowest BCUT2D eigenvalue weighted by Gasteiger charge is -2.42. The number of ether oxygens (including phenoxy) is 4. The quantitative estimate of drug-likeness (QED) is 0.708. The molecule has 2 N–H and O–H groups in total. The zero-order chi connectivity index (χ0) is 22.2. The van der Waals surface area contributed by atoms with E-state index >= 15 is 0 Å².